The molecule has 1 unspecified atom stereocenters. The second-order valence-corrected chi connectivity index (χ2v) is 7.36. The molecule has 0 heterocycles. The fraction of sp³-hybridized carbons (Fsp3) is 0.300. The van der Waals surface area contributed by atoms with Crippen molar-refractivity contribution in [2.45, 2.75) is 26.2 Å². The molecule has 6 nitrogen and oxygen atoms in total. The Morgan fingerprint density at radius 2 is 1.64 bits per heavy atom. The number of nitrogens with one attached hydrogen (secondary N) is 2. The highest BCUT2D eigenvalue weighted by atomic mass is 79.9. The average Bonchev–Trinajstić information content (AvgIpc) is 2.70. The lowest BCUT2D eigenvalue weighted by molar-refractivity contribution is -0.131. The van der Waals surface area contributed by atoms with Gasteiger partial charge in [-0.2, -0.15) is 0 Å². The fourth-order valence-corrected chi connectivity index (χ4v) is 2.94. The third-order valence-electron chi connectivity index (χ3n) is 4.03. The van der Waals surface area contributed by atoms with E-state index in [0.717, 1.165) is 10.9 Å². The summed E-state index contributed by atoms with van der Waals surface area (Å²) in [6.45, 7) is 3.75. The van der Waals surface area contributed by atoms with Gasteiger partial charge in [-0.05, 0) is 58.1 Å². The van der Waals surface area contributed by atoms with Crippen molar-refractivity contribution in [3.63, 3.8) is 0 Å². The Bertz CT molecular complexity index is 832. The molecule has 1 atom stereocenters. The number of benzene rings is 2. The number of amides is 2. The molecule has 150 valence electrons. The Morgan fingerprint density at radius 1 is 1.04 bits per heavy atom. The van der Waals surface area contributed by atoms with Crippen molar-refractivity contribution >= 4 is 39.3 Å². The first-order valence-corrected chi connectivity index (χ1v) is 9.95. The standard InChI is InChI=1S/C20H22BrClN2O4/c1-3-13(2)14-8-9-17(15(21)10-14)27-11-19(25)23-24-20(26)12-28-18-7-5-4-6-16(18)22/h4-10,13H,3,11-12H2,1-2H3,(H,23,25)(H,24,26). The lowest BCUT2D eigenvalue weighted by atomic mass is 9.99. The molecule has 0 aliphatic heterocycles. The van der Waals surface area contributed by atoms with E-state index in [1.54, 1.807) is 24.3 Å². The summed E-state index contributed by atoms with van der Waals surface area (Å²) in [6.07, 6.45) is 1.04. The smallest absolute Gasteiger partial charge is 0.276 e. The van der Waals surface area contributed by atoms with Gasteiger partial charge in [0.25, 0.3) is 11.8 Å². The molecular formula is C20H22BrClN2O4. The molecule has 2 N–H and O–H groups in total. The van der Waals surface area contributed by atoms with Crippen LogP contribution in [0.1, 0.15) is 31.7 Å². The quantitative estimate of drug-likeness (QED) is 0.568. The maximum atomic E-state index is 11.9. The normalized spacial score (nSPS) is 11.4. The number of rotatable bonds is 8. The molecule has 0 saturated heterocycles. The number of hydrogen-bond donors (Lipinski definition) is 2. The summed E-state index contributed by atoms with van der Waals surface area (Å²) in [5, 5.41) is 0.401. The van der Waals surface area contributed by atoms with Crippen LogP contribution in [-0.4, -0.2) is 25.0 Å². The van der Waals surface area contributed by atoms with Gasteiger partial charge in [-0.3, -0.25) is 20.4 Å². The summed E-state index contributed by atoms with van der Waals surface area (Å²) < 4.78 is 11.5. The Hall–Kier alpha value is -2.25. The maximum absolute atomic E-state index is 11.9. The van der Waals surface area contributed by atoms with Gasteiger partial charge in [0, 0.05) is 0 Å². The maximum Gasteiger partial charge on any atom is 0.276 e. The topological polar surface area (TPSA) is 76.7 Å². The summed E-state index contributed by atoms with van der Waals surface area (Å²) in [5.74, 6) is 0.364. The number of hydrazine groups is 1. The minimum Gasteiger partial charge on any atom is -0.483 e. The Kier molecular flexibility index (Phi) is 8.60. The van der Waals surface area contributed by atoms with Gasteiger partial charge in [-0.15, -0.1) is 0 Å². The van der Waals surface area contributed by atoms with Gasteiger partial charge in [-0.25, -0.2) is 0 Å². The second-order valence-electron chi connectivity index (χ2n) is 6.10. The molecule has 2 rings (SSSR count). The number of carbonyl (C=O) groups is 2. The Morgan fingerprint density at radius 3 is 2.21 bits per heavy atom. The number of ether oxygens (including phenoxy) is 2. The van der Waals surface area contributed by atoms with Crippen LogP contribution in [-0.2, 0) is 9.59 Å². The van der Waals surface area contributed by atoms with Gasteiger partial charge < -0.3 is 9.47 Å². The van der Waals surface area contributed by atoms with Crippen LogP contribution in [0, 0.1) is 0 Å². The highest BCUT2D eigenvalue weighted by Crippen LogP contribution is 2.30. The molecule has 8 heteroatoms. The van der Waals surface area contributed by atoms with Crippen molar-refractivity contribution in [2.75, 3.05) is 13.2 Å². The summed E-state index contributed by atoms with van der Waals surface area (Å²) in [7, 11) is 0. The molecule has 2 aromatic carbocycles. The van der Waals surface area contributed by atoms with E-state index >= 15 is 0 Å². The van der Waals surface area contributed by atoms with Crippen LogP contribution in [0.2, 0.25) is 5.02 Å². The SMILES string of the molecule is CCC(C)c1ccc(OCC(=O)NNC(=O)COc2ccccc2Cl)c(Br)c1. The number of para-hydroxylation sites is 1. The van der Waals surface area contributed by atoms with E-state index in [0.29, 0.717) is 22.4 Å². The second kappa shape index (κ2) is 10.9. The molecule has 0 spiro atoms. The molecule has 2 amide bonds. The largest absolute Gasteiger partial charge is 0.483 e. The molecule has 0 bridgehead atoms. The van der Waals surface area contributed by atoms with E-state index < -0.39 is 11.8 Å². The van der Waals surface area contributed by atoms with Crippen LogP contribution in [0.5, 0.6) is 11.5 Å². The number of halogens is 2. The van der Waals surface area contributed by atoms with Crippen molar-refractivity contribution < 1.29 is 19.1 Å². The van der Waals surface area contributed by atoms with E-state index in [9.17, 15) is 9.59 Å². The molecule has 0 saturated carbocycles. The molecule has 0 aliphatic rings. The third kappa shape index (κ3) is 6.73. The van der Waals surface area contributed by atoms with E-state index in [1.807, 2.05) is 18.2 Å². The minimum absolute atomic E-state index is 0.243. The van der Waals surface area contributed by atoms with Gasteiger partial charge in [0.2, 0.25) is 0 Å². The summed E-state index contributed by atoms with van der Waals surface area (Å²) >= 11 is 9.39. The predicted octanol–water partition coefficient (Wildman–Crippen LogP) is 4.22. The lowest BCUT2D eigenvalue weighted by Crippen LogP contribution is -2.45. The van der Waals surface area contributed by atoms with Crippen LogP contribution in [0.15, 0.2) is 46.9 Å². The molecule has 0 aromatic heterocycles. The van der Waals surface area contributed by atoms with Gasteiger partial charge in [-0.1, -0.05) is 43.6 Å². The summed E-state index contributed by atoms with van der Waals surface area (Å²) in [5.41, 5.74) is 5.72. The van der Waals surface area contributed by atoms with Crippen molar-refractivity contribution in [1.29, 1.82) is 0 Å². The van der Waals surface area contributed by atoms with Crippen LogP contribution < -0.4 is 20.3 Å². The van der Waals surface area contributed by atoms with Gasteiger partial charge in [0.1, 0.15) is 11.5 Å². The van der Waals surface area contributed by atoms with Crippen molar-refractivity contribution in [2.24, 2.45) is 0 Å². The van der Waals surface area contributed by atoms with E-state index in [-0.39, 0.29) is 13.2 Å². The zero-order chi connectivity index (χ0) is 20.5. The monoisotopic (exact) mass is 468 g/mol. The zero-order valence-electron chi connectivity index (χ0n) is 15.6. The number of carbonyl (C=O) groups excluding carboxylic acids is 2. The van der Waals surface area contributed by atoms with Crippen molar-refractivity contribution in [3.05, 3.63) is 57.5 Å². The van der Waals surface area contributed by atoms with Gasteiger partial charge >= 0.3 is 0 Å². The first-order valence-electron chi connectivity index (χ1n) is 8.78. The van der Waals surface area contributed by atoms with E-state index in [4.69, 9.17) is 21.1 Å². The summed E-state index contributed by atoms with van der Waals surface area (Å²) in [6, 6.07) is 12.6. The summed E-state index contributed by atoms with van der Waals surface area (Å²) in [4.78, 5) is 23.6. The first-order chi connectivity index (χ1) is 13.4. The fourth-order valence-electron chi connectivity index (χ4n) is 2.24. The van der Waals surface area contributed by atoms with Crippen LogP contribution in [0.25, 0.3) is 0 Å². The molecule has 2 aromatic rings. The predicted molar refractivity (Wildman–Crippen MR) is 112 cm³/mol. The zero-order valence-corrected chi connectivity index (χ0v) is 18.0. The van der Waals surface area contributed by atoms with Crippen molar-refractivity contribution in [3.8, 4) is 11.5 Å². The minimum atomic E-state index is -0.521. The Labute approximate surface area is 177 Å². The highest BCUT2D eigenvalue weighted by molar-refractivity contribution is 9.10. The van der Waals surface area contributed by atoms with Crippen LogP contribution in [0.4, 0.5) is 0 Å². The molecule has 0 radical (unpaired) electrons. The number of hydrogen-bond acceptors (Lipinski definition) is 4. The average molecular weight is 470 g/mol. The lowest BCUT2D eigenvalue weighted by Gasteiger charge is -2.13. The third-order valence-corrected chi connectivity index (χ3v) is 4.96. The van der Waals surface area contributed by atoms with Gasteiger partial charge in [0.05, 0.1) is 9.50 Å². The molecule has 28 heavy (non-hydrogen) atoms. The molecular weight excluding hydrogens is 448 g/mol. The van der Waals surface area contributed by atoms with Gasteiger partial charge in [0.15, 0.2) is 13.2 Å². The van der Waals surface area contributed by atoms with Crippen molar-refractivity contribution in [1.82, 2.24) is 10.9 Å². The highest BCUT2D eigenvalue weighted by Gasteiger charge is 2.10. The molecule has 0 fully saturated rings. The molecule has 0 aliphatic carbocycles. The Balaban J connectivity index is 1.74. The van der Waals surface area contributed by atoms with Crippen LogP contribution >= 0.6 is 27.5 Å². The first kappa shape index (κ1) is 22.0. The van der Waals surface area contributed by atoms with Crippen LogP contribution in [0.3, 0.4) is 0 Å². The van der Waals surface area contributed by atoms with E-state index in [2.05, 4.69) is 40.6 Å². The van der Waals surface area contributed by atoms with E-state index in [1.165, 1.54) is 5.56 Å².